The maximum Gasteiger partial charge on any atom is 0.264 e. The maximum absolute atomic E-state index is 14.0. The van der Waals surface area contributed by atoms with Crippen LogP contribution in [-0.2, 0) is 26.2 Å². The lowest BCUT2D eigenvalue weighted by molar-refractivity contribution is -0.140. The molecule has 10 heteroatoms. The molecule has 0 aliphatic carbocycles. The third-order valence-corrected chi connectivity index (χ3v) is 8.12. The largest absolute Gasteiger partial charge is 0.497 e. The Kier molecular flexibility index (Phi) is 10.3. The Morgan fingerprint density at radius 1 is 0.950 bits per heavy atom. The smallest absolute Gasteiger partial charge is 0.264 e. The summed E-state index contributed by atoms with van der Waals surface area (Å²) in [6.45, 7) is 6.74. The van der Waals surface area contributed by atoms with E-state index in [1.807, 2.05) is 20.8 Å². The van der Waals surface area contributed by atoms with Crippen molar-refractivity contribution in [1.82, 2.24) is 10.2 Å². The lowest BCUT2D eigenvalue weighted by Gasteiger charge is -2.33. The fourth-order valence-electron chi connectivity index (χ4n) is 4.20. The highest BCUT2D eigenvalue weighted by atomic mass is 32.2. The molecule has 0 radical (unpaired) electrons. The number of methoxy groups -OCH3 is 1. The van der Waals surface area contributed by atoms with Gasteiger partial charge in [0, 0.05) is 12.6 Å². The molecule has 214 valence electrons. The number of nitrogens with one attached hydrogen (secondary N) is 1. The van der Waals surface area contributed by atoms with Crippen molar-refractivity contribution in [2.45, 2.75) is 57.6 Å². The van der Waals surface area contributed by atoms with Crippen molar-refractivity contribution in [3.63, 3.8) is 0 Å². The second-order valence-electron chi connectivity index (χ2n) is 9.76. The molecule has 0 saturated carbocycles. The van der Waals surface area contributed by atoms with Gasteiger partial charge < -0.3 is 15.0 Å². The standard InChI is InChI=1S/C30H36FN3O5S/c1-6-28(30(36)32-21(2)3)33(19-23-9-15-26(39-5)16-10-23)29(35)20-34(25-13-11-24(31)12-14-25)40(37,38)27-17-7-22(4)8-18-27/h7-18,21,28H,6,19-20H2,1-5H3,(H,32,36)/t28-/m0/s1. The molecule has 0 spiro atoms. The predicted molar refractivity (Wildman–Crippen MR) is 153 cm³/mol. The minimum Gasteiger partial charge on any atom is -0.497 e. The number of sulfonamides is 1. The minimum absolute atomic E-state index is 0.0125. The van der Waals surface area contributed by atoms with E-state index in [-0.39, 0.29) is 29.1 Å². The summed E-state index contributed by atoms with van der Waals surface area (Å²) in [6, 6.07) is 17.2. The zero-order chi connectivity index (χ0) is 29.4. The number of carbonyl (C=O) groups is 2. The van der Waals surface area contributed by atoms with E-state index in [1.165, 1.54) is 29.2 Å². The van der Waals surface area contributed by atoms with Gasteiger partial charge in [0.1, 0.15) is 24.2 Å². The van der Waals surface area contributed by atoms with E-state index in [0.29, 0.717) is 12.2 Å². The molecule has 0 aliphatic heterocycles. The van der Waals surface area contributed by atoms with Crippen LogP contribution in [0.5, 0.6) is 5.75 Å². The minimum atomic E-state index is -4.22. The first kappa shape index (κ1) is 30.6. The van der Waals surface area contributed by atoms with Crippen molar-refractivity contribution < 1.29 is 27.1 Å². The van der Waals surface area contributed by atoms with Crippen molar-refractivity contribution >= 4 is 27.5 Å². The van der Waals surface area contributed by atoms with Crippen LogP contribution >= 0.6 is 0 Å². The Bertz CT molecular complexity index is 1390. The first-order valence-corrected chi connectivity index (χ1v) is 14.5. The summed E-state index contributed by atoms with van der Waals surface area (Å²) < 4.78 is 47.5. The van der Waals surface area contributed by atoms with E-state index in [4.69, 9.17) is 4.74 Å². The fraction of sp³-hybridized carbons (Fsp3) is 0.333. The molecule has 3 rings (SSSR count). The number of nitrogens with zero attached hydrogens (tertiary/aromatic N) is 2. The summed E-state index contributed by atoms with van der Waals surface area (Å²) in [7, 11) is -2.67. The Labute approximate surface area is 235 Å². The van der Waals surface area contributed by atoms with E-state index in [1.54, 1.807) is 50.4 Å². The zero-order valence-corrected chi connectivity index (χ0v) is 24.2. The molecule has 0 fully saturated rings. The summed E-state index contributed by atoms with van der Waals surface area (Å²) in [5, 5.41) is 2.86. The number of halogens is 1. The Morgan fingerprint density at radius 3 is 2.08 bits per heavy atom. The van der Waals surface area contributed by atoms with E-state index in [9.17, 15) is 22.4 Å². The molecule has 40 heavy (non-hydrogen) atoms. The number of hydrogen-bond donors (Lipinski definition) is 1. The zero-order valence-electron chi connectivity index (χ0n) is 23.4. The quantitative estimate of drug-likeness (QED) is 0.342. The number of anilines is 1. The Morgan fingerprint density at radius 2 is 1.55 bits per heavy atom. The predicted octanol–water partition coefficient (Wildman–Crippen LogP) is 4.67. The van der Waals surface area contributed by atoms with Crippen molar-refractivity contribution in [3.05, 3.63) is 89.7 Å². The van der Waals surface area contributed by atoms with E-state index < -0.39 is 34.3 Å². The Balaban J connectivity index is 2.05. The summed E-state index contributed by atoms with van der Waals surface area (Å²) in [4.78, 5) is 28.5. The van der Waals surface area contributed by atoms with Crippen molar-refractivity contribution in [2.24, 2.45) is 0 Å². The second kappa shape index (κ2) is 13.4. The van der Waals surface area contributed by atoms with Crippen LogP contribution in [0.15, 0.2) is 77.7 Å². The maximum atomic E-state index is 14.0. The van der Waals surface area contributed by atoms with Gasteiger partial charge in [0.25, 0.3) is 10.0 Å². The van der Waals surface area contributed by atoms with Crippen molar-refractivity contribution in [1.29, 1.82) is 0 Å². The van der Waals surface area contributed by atoms with Crippen LogP contribution in [0, 0.1) is 12.7 Å². The highest BCUT2D eigenvalue weighted by Gasteiger charge is 2.33. The summed E-state index contributed by atoms with van der Waals surface area (Å²) in [6.07, 6.45) is 0.307. The van der Waals surface area contributed by atoms with Gasteiger partial charge in [-0.05, 0) is 81.3 Å². The molecule has 1 atom stereocenters. The average Bonchev–Trinajstić information content (AvgIpc) is 2.92. The van der Waals surface area contributed by atoms with E-state index >= 15 is 0 Å². The van der Waals surface area contributed by atoms with Gasteiger partial charge in [0.2, 0.25) is 11.8 Å². The highest BCUT2D eigenvalue weighted by molar-refractivity contribution is 7.92. The van der Waals surface area contributed by atoms with Crippen LogP contribution < -0.4 is 14.4 Å². The summed E-state index contributed by atoms with van der Waals surface area (Å²) in [5.41, 5.74) is 1.73. The molecule has 0 heterocycles. The third kappa shape index (κ3) is 7.59. The molecule has 0 aromatic heterocycles. The monoisotopic (exact) mass is 569 g/mol. The normalized spacial score (nSPS) is 12.1. The third-order valence-electron chi connectivity index (χ3n) is 6.33. The van der Waals surface area contributed by atoms with Crippen LogP contribution in [0.1, 0.15) is 38.3 Å². The van der Waals surface area contributed by atoms with E-state index in [0.717, 1.165) is 27.6 Å². The van der Waals surface area contributed by atoms with Gasteiger partial charge in [-0.2, -0.15) is 0 Å². The first-order chi connectivity index (χ1) is 19.0. The summed E-state index contributed by atoms with van der Waals surface area (Å²) >= 11 is 0. The molecular weight excluding hydrogens is 533 g/mol. The molecule has 8 nitrogen and oxygen atoms in total. The van der Waals surface area contributed by atoms with Gasteiger partial charge in [-0.1, -0.05) is 36.8 Å². The van der Waals surface area contributed by atoms with Gasteiger partial charge >= 0.3 is 0 Å². The van der Waals surface area contributed by atoms with Crippen LogP contribution in [0.2, 0.25) is 0 Å². The fourth-order valence-corrected chi connectivity index (χ4v) is 5.62. The molecule has 3 aromatic carbocycles. The van der Waals surface area contributed by atoms with Gasteiger partial charge in [0.15, 0.2) is 0 Å². The molecule has 0 bridgehead atoms. The van der Waals surface area contributed by atoms with Crippen LogP contribution in [-0.4, -0.2) is 50.9 Å². The average molecular weight is 570 g/mol. The molecule has 0 unspecified atom stereocenters. The Hall–Kier alpha value is -3.92. The first-order valence-electron chi connectivity index (χ1n) is 13.0. The van der Waals surface area contributed by atoms with Crippen LogP contribution in [0.25, 0.3) is 0 Å². The number of carbonyl (C=O) groups excluding carboxylic acids is 2. The summed E-state index contributed by atoms with van der Waals surface area (Å²) in [5.74, 6) is -0.825. The van der Waals surface area contributed by atoms with Crippen molar-refractivity contribution in [2.75, 3.05) is 18.0 Å². The molecule has 1 N–H and O–H groups in total. The number of aryl methyl sites for hydroxylation is 1. The van der Waals surface area contributed by atoms with Crippen molar-refractivity contribution in [3.8, 4) is 5.75 Å². The highest BCUT2D eigenvalue weighted by Crippen LogP contribution is 2.25. The molecule has 0 aliphatic rings. The molecule has 2 amide bonds. The van der Waals surface area contributed by atoms with Gasteiger partial charge in [-0.15, -0.1) is 0 Å². The number of amides is 2. The number of ether oxygens (including phenoxy) is 1. The number of rotatable bonds is 12. The molecule has 3 aromatic rings. The van der Waals surface area contributed by atoms with E-state index in [2.05, 4.69) is 5.32 Å². The molecular formula is C30H36FN3O5S. The second-order valence-corrected chi connectivity index (χ2v) is 11.6. The number of hydrogen-bond acceptors (Lipinski definition) is 5. The van der Waals surface area contributed by atoms with Crippen LogP contribution in [0.4, 0.5) is 10.1 Å². The van der Waals surface area contributed by atoms with Gasteiger partial charge in [-0.25, -0.2) is 12.8 Å². The topological polar surface area (TPSA) is 96.0 Å². The van der Waals surface area contributed by atoms with Gasteiger partial charge in [-0.3, -0.25) is 13.9 Å². The lowest BCUT2D eigenvalue weighted by Crippen LogP contribution is -2.53. The SMILES string of the molecule is CC[C@@H](C(=O)NC(C)C)N(Cc1ccc(OC)cc1)C(=O)CN(c1ccc(F)cc1)S(=O)(=O)c1ccc(C)cc1. The number of benzene rings is 3. The van der Waals surface area contributed by atoms with Crippen LogP contribution in [0.3, 0.4) is 0 Å². The van der Waals surface area contributed by atoms with Gasteiger partial charge in [0.05, 0.1) is 17.7 Å². The molecule has 0 saturated heterocycles. The lowest BCUT2D eigenvalue weighted by atomic mass is 10.1.